The molecule has 7 heteroatoms. The number of rotatable bonds is 10. The van der Waals surface area contributed by atoms with E-state index in [1.165, 1.54) is 19.3 Å². The van der Waals surface area contributed by atoms with Crippen molar-refractivity contribution in [3.63, 3.8) is 0 Å². The van der Waals surface area contributed by atoms with Crippen molar-refractivity contribution in [1.82, 2.24) is 4.98 Å². The molecule has 6 nitrogen and oxygen atoms in total. The smallest absolute Gasteiger partial charge is 0.263 e. The van der Waals surface area contributed by atoms with E-state index in [1.807, 2.05) is 24.3 Å². The van der Waals surface area contributed by atoms with Crippen LogP contribution in [0.1, 0.15) is 49.7 Å². The molecule has 1 aliphatic carbocycles. The summed E-state index contributed by atoms with van der Waals surface area (Å²) in [6.07, 6.45) is 10.6. The van der Waals surface area contributed by atoms with Gasteiger partial charge in [-0.05, 0) is 60.7 Å². The molecule has 3 aromatic rings. The van der Waals surface area contributed by atoms with Crippen molar-refractivity contribution in [2.75, 3.05) is 10.0 Å². The van der Waals surface area contributed by atoms with E-state index in [2.05, 4.69) is 15.0 Å². The molecule has 0 unspecified atom stereocenters. The van der Waals surface area contributed by atoms with Gasteiger partial charge in [0, 0.05) is 37.0 Å². The van der Waals surface area contributed by atoms with Gasteiger partial charge in [-0.1, -0.05) is 49.6 Å². The minimum absolute atomic E-state index is 0.139. The second-order valence-corrected chi connectivity index (χ2v) is 10.5. The predicted molar refractivity (Wildman–Crippen MR) is 135 cm³/mol. The van der Waals surface area contributed by atoms with E-state index >= 15 is 0 Å². The molecule has 1 aliphatic rings. The maximum atomic E-state index is 13.1. The van der Waals surface area contributed by atoms with Gasteiger partial charge < -0.3 is 5.32 Å². The average Bonchev–Trinajstić information content (AvgIpc) is 2.85. The number of benzene rings is 2. The lowest BCUT2D eigenvalue weighted by Gasteiger charge is -2.25. The SMILES string of the molecule is O=C(CCc1cccnc1)Cc1ccc(NS(=O)(=O)c2ccccc2NC2CCCCC2)cc1. The maximum Gasteiger partial charge on any atom is 0.263 e. The fourth-order valence-electron chi connectivity index (χ4n) is 4.33. The van der Waals surface area contributed by atoms with E-state index in [9.17, 15) is 13.2 Å². The maximum absolute atomic E-state index is 13.1. The van der Waals surface area contributed by atoms with E-state index in [0.29, 0.717) is 36.7 Å². The average molecular weight is 478 g/mol. The topological polar surface area (TPSA) is 88.2 Å². The fourth-order valence-corrected chi connectivity index (χ4v) is 5.56. The molecule has 2 N–H and O–H groups in total. The van der Waals surface area contributed by atoms with Gasteiger partial charge in [0.05, 0.1) is 5.69 Å². The Morgan fingerprint density at radius 3 is 2.41 bits per heavy atom. The van der Waals surface area contributed by atoms with Crippen LogP contribution in [-0.2, 0) is 27.7 Å². The quantitative estimate of drug-likeness (QED) is 0.410. The molecule has 0 amide bonds. The van der Waals surface area contributed by atoms with Crippen LogP contribution in [0.2, 0.25) is 0 Å². The summed E-state index contributed by atoms with van der Waals surface area (Å²) in [5, 5.41) is 3.44. The number of pyridine rings is 1. The number of carbonyl (C=O) groups excluding carboxylic acids is 1. The van der Waals surface area contributed by atoms with Gasteiger partial charge in [-0.15, -0.1) is 0 Å². The van der Waals surface area contributed by atoms with Gasteiger partial charge in [0.1, 0.15) is 10.7 Å². The zero-order chi connectivity index (χ0) is 23.8. The van der Waals surface area contributed by atoms with Crippen molar-refractivity contribution in [3.8, 4) is 0 Å². The van der Waals surface area contributed by atoms with Gasteiger partial charge in [-0.2, -0.15) is 0 Å². The Balaban J connectivity index is 1.36. The summed E-state index contributed by atoms with van der Waals surface area (Å²) in [6.45, 7) is 0. The Bertz CT molecular complexity index is 1190. The lowest BCUT2D eigenvalue weighted by molar-refractivity contribution is -0.118. The van der Waals surface area contributed by atoms with E-state index in [-0.39, 0.29) is 10.7 Å². The molecule has 1 aromatic heterocycles. The third-order valence-electron chi connectivity index (χ3n) is 6.16. The highest BCUT2D eigenvalue weighted by Gasteiger charge is 2.21. The van der Waals surface area contributed by atoms with Gasteiger partial charge in [0.2, 0.25) is 0 Å². The number of ketones is 1. The van der Waals surface area contributed by atoms with Crippen LogP contribution in [0.3, 0.4) is 0 Å². The van der Waals surface area contributed by atoms with Crippen molar-refractivity contribution >= 4 is 27.2 Å². The third-order valence-corrected chi connectivity index (χ3v) is 7.60. The summed E-state index contributed by atoms with van der Waals surface area (Å²) in [5.74, 6) is 0.139. The van der Waals surface area contributed by atoms with Gasteiger partial charge in [-0.3, -0.25) is 14.5 Å². The zero-order valence-electron chi connectivity index (χ0n) is 19.2. The summed E-state index contributed by atoms with van der Waals surface area (Å²) < 4.78 is 29.0. The zero-order valence-corrected chi connectivity index (χ0v) is 20.1. The van der Waals surface area contributed by atoms with Gasteiger partial charge in [-0.25, -0.2) is 8.42 Å². The van der Waals surface area contributed by atoms with Gasteiger partial charge in [0.15, 0.2) is 0 Å². The fraction of sp³-hybridized carbons (Fsp3) is 0.333. The first kappa shape index (κ1) is 24.0. The molecule has 178 valence electrons. The molecule has 2 aromatic carbocycles. The summed E-state index contributed by atoms with van der Waals surface area (Å²) in [5.41, 5.74) is 3.01. The molecule has 0 spiro atoms. The second kappa shape index (κ2) is 11.3. The van der Waals surface area contributed by atoms with Crippen molar-refractivity contribution in [2.45, 2.75) is 62.3 Å². The van der Waals surface area contributed by atoms with Crippen LogP contribution in [0.5, 0.6) is 0 Å². The Labute approximate surface area is 201 Å². The van der Waals surface area contributed by atoms with Crippen LogP contribution in [0.15, 0.2) is 78.0 Å². The molecule has 1 saturated carbocycles. The lowest BCUT2D eigenvalue weighted by atomic mass is 9.95. The van der Waals surface area contributed by atoms with Gasteiger partial charge in [0.25, 0.3) is 10.0 Å². The van der Waals surface area contributed by atoms with Crippen molar-refractivity contribution in [1.29, 1.82) is 0 Å². The summed E-state index contributed by atoms with van der Waals surface area (Å²) >= 11 is 0. The highest BCUT2D eigenvalue weighted by molar-refractivity contribution is 7.92. The number of nitrogens with zero attached hydrogens (tertiary/aromatic N) is 1. The molecule has 1 fully saturated rings. The normalized spacial score (nSPS) is 14.5. The molecule has 0 aliphatic heterocycles. The first-order chi connectivity index (χ1) is 16.5. The monoisotopic (exact) mass is 477 g/mol. The highest BCUT2D eigenvalue weighted by Crippen LogP contribution is 2.28. The number of carbonyl (C=O) groups is 1. The van der Waals surface area contributed by atoms with Crippen LogP contribution in [-0.4, -0.2) is 25.2 Å². The number of hydrogen-bond donors (Lipinski definition) is 2. The number of para-hydroxylation sites is 1. The molecule has 4 rings (SSSR count). The minimum Gasteiger partial charge on any atom is -0.381 e. The first-order valence-electron chi connectivity index (χ1n) is 11.9. The lowest BCUT2D eigenvalue weighted by Crippen LogP contribution is -2.24. The van der Waals surface area contributed by atoms with Crippen LogP contribution in [0, 0.1) is 0 Å². The summed E-state index contributed by atoms with van der Waals surface area (Å²) in [7, 11) is -3.76. The third kappa shape index (κ3) is 6.67. The number of Topliss-reactive ketones (excluding diaryl/α,β-unsaturated/α-hetero) is 1. The Morgan fingerprint density at radius 2 is 1.68 bits per heavy atom. The first-order valence-corrected chi connectivity index (χ1v) is 13.4. The van der Waals surface area contributed by atoms with E-state index in [4.69, 9.17) is 0 Å². The Morgan fingerprint density at radius 1 is 0.912 bits per heavy atom. The second-order valence-electron chi connectivity index (χ2n) is 8.85. The largest absolute Gasteiger partial charge is 0.381 e. The summed E-state index contributed by atoms with van der Waals surface area (Å²) in [6, 6.07) is 18.2. The van der Waals surface area contributed by atoms with Crippen molar-refractivity contribution in [3.05, 3.63) is 84.2 Å². The van der Waals surface area contributed by atoms with Crippen LogP contribution in [0.25, 0.3) is 0 Å². The molecular weight excluding hydrogens is 446 g/mol. The number of anilines is 2. The van der Waals surface area contributed by atoms with Crippen LogP contribution >= 0.6 is 0 Å². The molecule has 0 atom stereocenters. The van der Waals surface area contributed by atoms with Crippen molar-refractivity contribution < 1.29 is 13.2 Å². The van der Waals surface area contributed by atoms with Crippen LogP contribution < -0.4 is 10.0 Å². The molecular formula is C27H31N3O3S. The van der Waals surface area contributed by atoms with Gasteiger partial charge >= 0.3 is 0 Å². The van der Waals surface area contributed by atoms with E-state index in [0.717, 1.165) is 24.0 Å². The standard InChI is InChI=1S/C27H31N3O3S/c31-25(17-14-22-7-6-18-28-20-22)19-21-12-15-24(16-13-21)30-34(32,33)27-11-5-4-10-26(27)29-23-8-2-1-3-9-23/h4-7,10-13,15-16,18,20,23,29-30H,1-3,8-9,14,17,19H2. The highest BCUT2D eigenvalue weighted by atomic mass is 32.2. The Kier molecular flexibility index (Phi) is 7.95. The van der Waals surface area contributed by atoms with E-state index in [1.54, 1.807) is 48.8 Å². The number of aromatic nitrogens is 1. The summed E-state index contributed by atoms with van der Waals surface area (Å²) in [4.78, 5) is 16.7. The van der Waals surface area contributed by atoms with Crippen molar-refractivity contribution in [2.24, 2.45) is 0 Å². The minimum atomic E-state index is -3.76. The molecule has 1 heterocycles. The molecule has 0 saturated heterocycles. The Hall–Kier alpha value is -3.19. The van der Waals surface area contributed by atoms with E-state index < -0.39 is 10.0 Å². The number of aryl methyl sites for hydroxylation is 1. The number of hydrogen-bond acceptors (Lipinski definition) is 5. The van der Waals surface area contributed by atoms with Crippen LogP contribution in [0.4, 0.5) is 11.4 Å². The molecule has 34 heavy (non-hydrogen) atoms. The number of sulfonamides is 1. The molecule has 0 radical (unpaired) electrons. The molecule has 0 bridgehead atoms. The number of nitrogens with one attached hydrogen (secondary N) is 2. The predicted octanol–water partition coefficient (Wildman–Crippen LogP) is 5.37.